The third-order valence-electron chi connectivity index (χ3n) is 6.37. The Balaban J connectivity index is 1.22. The zero-order valence-corrected chi connectivity index (χ0v) is 20.4. The quantitative estimate of drug-likeness (QED) is 0.333. The summed E-state index contributed by atoms with van der Waals surface area (Å²) in [5.41, 5.74) is 2.01. The predicted molar refractivity (Wildman–Crippen MR) is 134 cm³/mol. The van der Waals surface area contributed by atoms with E-state index in [9.17, 15) is 9.59 Å². The third-order valence-corrected chi connectivity index (χ3v) is 7.56. The van der Waals surface area contributed by atoms with Crippen LogP contribution in [0.15, 0.2) is 36.7 Å². The van der Waals surface area contributed by atoms with E-state index in [4.69, 9.17) is 0 Å². The van der Waals surface area contributed by atoms with Crippen molar-refractivity contribution in [2.75, 3.05) is 31.1 Å². The van der Waals surface area contributed by atoms with Gasteiger partial charge in [-0.2, -0.15) is 0 Å². The molecule has 1 aromatic carbocycles. The lowest BCUT2D eigenvalue weighted by molar-refractivity contribution is -0.131. The number of nitrogens with zero attached hydrogens (tertiary/aromatic N) is 4. The summed E-state index contributed by atoms with van der Waals surface area (Å²) in [6.07, 6.45) is 6.11. The number of anilines is 1. The topological polar surface area (TPSA) is 66.4 Å². The Bertz CT molecular complexity index is 1100. The number of fused-ring (bicyclic) bond motifs is 1. The van der Waals surface area contributed by atoms with Gasteiger partial charge in [0.25, 0.3) is 0 Å². The van der Waals surface area contributed by atoms with Crippen molar-refractivity contribution in [1.82, 2.24) is 14.9 Å². The molecule has 33 heavy (non-hydrogen) atoms. The minimum absolute atomic E-state index is 0.162. The van der Waals surface area contributed by atoms with E-state index in [0.29, 0.717) is 25.9 Å². The van der Waals surface area contributed by atoms with Gasteiger partial charge in [-0.25, -0.2) is 9.97 Å². The minimum atomic E-state index is 0.162. The maximum absolute atomic E-state index is 12.7. The fourth-order valence-corrected chi connectivity index (χ4v) is 5.21. The number of Topliss-reactive ketones (excluding diaryl/α,β-unsaturated/α-hetero) is 1. The van der Waals surface area contributed by atoms with Gasteiger partial charge in [-0.05, 0) is 37.3 Å². The highest BCUT2D eigenvalue weighted by molar-refractivity contribution is 7.18. The van der Waals surface area contributed by atoms with E-state index in [-0.39, 0.29) is 11.7 Å². The molecule has 0 bridgehead atoms. The molecule has 2 aromatic heterocycles. The number of hydrogen-bond acceptors (Lipinski definition) is 6. The average molecular weight is 465 g/mol. The van der Waals surface area contributed by atoms with Gasteiger partial charge < -0.3 is 9.80 Å². The number of aromatic nitrogens is 2. The van der Waals surface area contributed by atoms with Crippen LogP contribution in [-0.2, 0) is 17.6 Å². The maximum atomic E-state index is 12.7. The van der Waals surface area contributed by atoms with Gasteiger partial charge in [-0.1, -0.05) is 38.1 Å². The van der Waals surface area contributed by atoms with Crippen molar-refractivity contribution in [3.8, 4) is 0 Å². The molecule has 0 spiro atoms. The first kappa shape index (κ1) is 23.4. The zero-order valence-electron chi connectivity index (χ0n) is 19.5. The summed E-state index contributed by atoms with van der Waals surface area (Å²) in [6.45, 7) is 7.23. The molecular formula is C26H32N4O2S. The summed E-state index contributed by atoms with van der Waals surface area (Å²) in [5.74, 6) is 1.33. The molecule has 0 saturated carbocycles. The largest absolute Gasteiger partial charge is 0.352 e. The van der Waals surface area contributed by atoms with Gasteiger partial charge in [-0.15, -0.1) is 11.3 Å². The third kappa shape index (κ3) is 5.58. The van der Waals surface area contributed by atoms with Gasteiger partial charge in [0.15, 0.2) is 5.78 Å². The van der Waals surface area contributed by atoms with E-state index < -0.39 is 0 Å². The first-order valence-corrected chi connectivity index (χ1v) is 12.8. The Morgan fingerprint density at radius 2 is 1.67 bits per heavy atom. The number of benzene rings is 1. The SMILES string of the molecule is CCc1ccc(C(=O)CCCCC(=O)N2CCN(c3ncnc4sc(CC)cc34)CC2)cc1. The van der Waals surface area contributed by atoms with Crippen molar-refractivity contribution >= 4 is 39.1 Å². The Labute approximate surface area is 199 Å². The summed E-state index contributed by atoms with van der Waals surface area (Å²) in [6, 6.07) is 10.1. The standard InChI is InChI=1S/C26H32N4O2S/c1-3-19-9-11-20(12-10-19)23(31)7-5-6-8-24(32)29-13-15-30(16-14-29)25-22-17-21(4-2)33-26(22)28-18-27-25/h9-12,17-18H,3-8,13-16H2,1-2H3. The molecule has 3 heterocycles. The molecule has 1 amide bonds. The number of aryl methyl sites for hydroxylation is 2. The van der Waals surface area contributed by atoms with Gasteiger partial charge in [0.2, 0.25) is 5.91 Å². The lowest BCUT2D eigenvalue weighted by Crippen LogP contribution is -2.49. The van der Waals surface area contributed by atoms with E-state index in [2.05, 4.69) is 34.8 Å². The number of unbranched alkanes of at least 4 members (excludes halogenated alkanes) is 1. The van der Waals surface area contributed by atoms with Crippen molar-refractivity contribution in [1.29, 1.82) is 0 Å². The normalized spacial score (nSPS) is 14.1. The van der Waals surface area contributed by atoms with Crippen molar-refractivity contribution < 1.29 is 9.59 Å². The average Bonchev–Trinajstić information content (AvgIpc) is 3.30. The van der Waals surface area contributed by atoms with Crippen LogP contribution in [-0.4, -0.2) is 52.7 Å². The molecule has 3 aromatic rings. The summed E-state index contributed by atoms with van der Waals surface area (Å²) >= 11 is 1.73. The second-order valence-corrected chi connectivity index (χ2v) is 9.65. The number of rotatable bonds is 9. The van der Waals surface area contributed by atoms with Crippen LogP contribution >= 0.6 is 11.3 Å². The van der Waals surface area contributed by atoms with Gasteiger partial charge in [0, 0.05) is 49.5 Å². The molecule has 0 N–H and O–H groups in total. The van der Waals surface area contributed by atoms with Crippen LogP contribution in [0.1, 0.15) is 60.3 Å². The van der Waals surface area contributed by atoms with Crippen LogP contribution < -0.4 is 4.90 Å². The lowest BCUT2D eigenvalue weighted by Gasteiger charge is -2.35. The maximum Gasteiger partial charge on any atom is 0.222 e. The zero-order chi connectivity index (χ0) is 23.2. The summed E-state index contributed by atoms with van der Waals surface area (Å²) < 4.78 is 0. The molecule has 6 nitrogen and oxygen atoms in total. The molecule has 1 saturated heterocycles. The number of amides is 1. The highest BCUT2D eigenvalue weighted by Gasteiger charge is 2.23. The molecular weight excluding hydrogens is 432 g/mol. The Kier molecular flexibility index (Phi) is 7.70. The molecule has 1 aliphatic heterocycles. The van der Waals surface area contributed by atoms with Gasteiger partial charge in [-0.3, -0.25) is 9.59 Å². The highest BCUT2D eigenvalue weighted by Crippen LogP contribution is 2.31. The van der Waals surface area contributed by atoms with Crippen LogP contribution in [0.3, 0.4) is 0 Å². The molecule has 1 fully saturated rings. The minimum Gasteiger partial charge on any atom is -0.352 e. The number of carbonyl (C=O) groups is 2. The molecule has 1 aliphatic rings. The van der Waals surface area contributed by atoms with Crippen molar-refractivity contribution in [2.24, 2.45) is 0 Å². The van der Waals surface area contributed by atoms with Crippen LogP contribution in [0.5, 0.6) is 0 Å². The van der Waals surface area contributed by atoms with Crippen LogP contribution in [0.4, 0.5) is 5.82 Å². The predicted octanol–water partition coefficient (Wildman–Crippen LogP) is 4.91. The van der Waals surface area contributed by atoms with Crippen LogP contribution in [0.25, 0.3) is 10.2 Å². The number of ketones is 1. The molecule has 0 unspecified atom stereocenters. The Morgan fingerprint density at radius 1 is 0.939 bits per heavy atom. The van der Waals surface area contributed by atoms with Crippen LogP contribution in [0.2, 0.25) is 0 Å². The lowest BCUT2D eigenvalue weighted by atomic mass is 10.0. The highest BCUT2D eigenvalue weighted by atomic mass is 32.1. The molecule has 4 rings (SSSR count). The molecule has 0 atom stereocenters. The molecule has 174 valence electrons. The van der Waals surface area contributed by atoms with Crippen molar-refractivity contribution in [3.05, 3.63) is 52.7 Å². The summed E-state index contributed by atoms with van der Waals surface area (Å²) in [7, 11) is 0. The van der Waals surface area contributed by atoms with Crippen molar-refractivity contribution in [3.63, 3.8) is 0 Å². The van der Waals surface area contributed by atoms with Gasteiger partial charge >= 0.3 is 0 Å². The number of carbonyl (C=O) groups excluding carboxylic acids is 2. The van der Waals surface area contributed by atoms with E-state index >= 15 is 0 Å². The van der Waals surface area contributed by atoms with E-state index in [1.54, 1.807) is 17.7 Å². The van der Waals surface area contributed by atoms with E-state index in [1.807, 2.05) is 29.2 Å². The number of hydrogen-bond donors (Lipinski definition) is 0. The number of piperazine rings is 1. The van der Waals surface area contributed by atoms with E-state index in [1.165, 1.54) is 10.4 Å². The first-order valence-electron chi connectivity index (χ1n) is 12.0. The van der Waals surface area contributed by atoms with Gasteiger partial charge in [0.05, 0.1) is 5.39 Å². The first-order chi connectivity index (χ1) is 16.1. The summed E-state index contributed by atoms with van der Waals surface area (Å²) in [4.78, 5) is 40.6. The monoisotopic (exact) mass is 464 g/mol. The van der Waals surface area contributed by atoms with Gasteiger partial charge in [0.1, 0.15) is 17.0 Å². The smallest absolute Gasteiger partial charge is 0.222 e. The van der Waals surface area contributed by atoms with Crippen LogP contribution in [0, 0.1) is 0 Å². The molecule has 0 aliphatic carbocycles. The summed E-state index contributed by atoms with van der Waals surface area (Å²) in [5, 5.41) is 1.12. The second kappa shape index (κ2) is 10.9. The second-order valence-electron chi connectivity index (χ2n) is 8.53. The Hall–Kier alpha value is -2.80. The molecule has 7 heteroatoms. The Morgan fingerprint density at radius 3 is 2.36 bits per heavy atom. The van der Waals surface area contributed by atoms with Crippen molar-refractivity contribution in [2.45, 2.75) is 52.4 Å². The fourth-order valence-electron chi connectivity index (χ4n) is 4.28. The molecule has 0 radical (unpaired) electrons. The fraction of sp³-hybridized carbons (Fsp3) is 0.462. The van der Waals surface area contributed by atoms with E-state index in [0.717, 1.165) is 60.4 Å². The number of thiophene rings is 1.